The Bertz CT molecular complexity index is 710. The van der Waals surface area contributed by atoms with Gasteiger partial charge in [0.25, 0.3) is 0 Å². The maximum atomic E-state index is 11.2. The Hall–Kier alpha value is -2.08. The zero-order chi connectivity index (χ0) is 11.1. The van der Waals surface area contributed by atoms with Gasteiger partial charge in [0.2, 0.25) is 5.88 Å². The van der Waals surface area contributed by atoms with Crippen LogP contribution in [0.15, 0.2) is 38.1 Å². The molecule has 0 bridgehead atoms. The van der Waals surface area contributed by atoms with Crippen LogP contribution in [0.2, 0.25) is 0 Å². The van der Waals surface area contributed by atoms with Crippen LogP contribution in [0, 0.1) is 0 Å². The number of hydrogen-bond donors (Lipinski definition) is 1. The minimum Gasteiger partial charge on any atom is -0.414 e. The number of rotatable bonds is 1. The molecule has 0 aliphatic rings. The topological polar surface area (TPSA) is 82.3 Å². The Morgan fingerprint density at radius 3 is 2.94 bits per heavy atom. The lowest BCUT2D eigenvalue weighted by atomic mass is 10.1. The first-order valence-electron chi connectivity index (χ1n) is 4.49. The van der Waals surface area contributed by atoms with Crippen molar-refractivity contribution in [3.8, 4) is 11.1 Å². The van der Waals surface area contributed by atoms with Crippen molar-refractivity contribution in [2.45, 2.75) is 0 Å². The van der Waals surface area contributed by atoms with Gasteiger partial charge in [-0.2, -0.15) is 0 Å². The molecular weight excluding hydrogens is 228 g/mol. The van der Waals surface area contributed by atoms with E-state index in [1.807, 2.05) is 6.07 Å². The third-order valence-electron chi connectivity index (χ3n) is 2.25. The SMILES string of the molecule is Nc1oncc1-c1cccc2oc(=O)sc12. The normalized spacial score (nSPS) is 11.0. The van der Waals surface area contributed by atoms with E-state index in [4.69, 9.17) is 14.7 Å². The van der Waals surface area contributed by atoms with E-state index in [0.717, 1.165) is 21.6 Å². The lowest BCUT2D eigenvalue weighted by molar-refractivity contribution is 0.436. The zero-order valence-corrected chi connectivity index (χ0v) is 8.78. The predicted molar refractivity (Wildman–Crippen MR) is 60.3 cm³/mol. The van der Waals surface area contributed by atoms with E-state index < -0.39 is 0 Å². The van der Waals surface area contributed by atoms with Crippen molar-refractivity contribution in [1.82, 2.24) is 5.16 Å². The van der Waals surface area contributed by atoms with Gasteiger partial charge in [-0.3, -0.25) is 0 Å². The zero-order valence-electron chi connectivity index (χ0n) is 7.97. The Morgan fingerprint density at radius 1 is 1.31 bits per heavy atom. The van der Waals surface area contributed by atoms with Crippen LogP contribution in [0.3, 0.4) is 0 Å². The number of nitrogens with two attached hydrogens (primary N) is 1. The quantitative estimate of drug-likeness (QED) is 0.697. The third kappa shape index (κ3) is 1.24. The number of benzene rings is 1. The number of nitrogen functional groups attached to an aromatic ring is 1. The molecule has 0 unspecified atom stereocenters. The predicted octanol–water partition coefficient (Wildman–Crippen LogP) is 2.09. The van der Waals surface area contributed by atoms with Crippen LogP contribution < -0.4 is 10.7 Å². The van der Waals surface area contributed by atoms with E-state index in [1.165, 1.54) is 6.20 Å². The summed E-state index contributed by atoms with van der Waals surface area (Å²) in [7, 11) is 0. The molecule has 0 saturated heterocycles. The Labute approximate surface area is 93.1 Å². The summed E-state index contributed by atoms with van der Waals surface area (Å²) in [5.41, 5.74) is 7.65. The van der Waals surface area contributed by atoms with E-state index in [9.17, 15) is 4.79 Å². The molecule has 2 heterocycles. The summed E-state index contributed by atoms with van der Waals surface area (Å²) in [6.45, 7) is 0. The van der Waals surface area contributed by atoms with E-state index in [-0.39, 0.29) is 10.8 Å². The van der Waals surface area contributed by atoms with Gasteiger partial charge in [-0.25, -0.2) is 4.79 Å². The van der Waals surface area contributed by atoms with Gasteiger partial charge < -0.3 is 14.7 Å². The highest BCUT2D eigenvalue weighted by molar-refractivity contribution is 7.16. The van der Waals surface area contributed by atoms with Crippen molar-refractivity contribution in [1.29, 1.82) is 0 Å². The number of nitrogens with zero attached hydrogens (tertiary/aromatic N) is 1. The summed E-state index contributed by atoms with van der Waals surface area (Å²) < 4.78 is 10.6. The summed E-state index contributed by atoms with van der Waals surface area (Å²) in [6.07, 6.45) is 1.52. The second-order valence-electron chi connectivity index (χ2n) is 3.19. The highest BCUT2D eigenvalue weighted by Gasteiger charge is 2.13. The molecule has 5 nitrogen and oxygen atoms in total. The average Bonchev–Trinajstić information content (AvgIpc) is 2.82. The van der Waals surface area contributed by atoms with E-state index in [1.54, 1.807) is 12.1 Å². The van der Waals surface area contributed by atoms with Gasteiger partial charge in [-0.1, -0.05) is 28.6 Å². The van der Waals surface area contributed by atoms with Crippen LogP contribution in [0.5, 0.6) is 0 Å². The second kappa shape index (κ2) is 3.21. The molecule has 0 spiro atoms. The average molecular weight is 234 g/mol. The lowest BCUT2D eigenvalue weighted by Crippen LogP contribution is -1.84. The summed E-state index contributed by atoms with van der Waals surface area (Å²) in [4.78, 5) is 10.8. The second-order valence-corrected chi connectivity index (χ2v) is 4.14. The minimum absolute atomic E-state index is 0.230. The van der Waals surface area contributed by atoms with E-state index >= 15 is 0 Å². The van der Waals surface area contributed by atoms with Crippen molar-refractivity contribution in [3.63, 3.8) is 0 Å². The van der Waals surface area contributed by atoms with Gasteiger partial charge in [0, 0.05) is 5.56 Å². The molecule has 0 fully saturated rings. The Morgan fingerprint density at radius 2 is 2.19 bits per heavy atom. The molecule has 2 aromatic heterocycles. The molecule has 0 saturated carbocycles. The number of anilines is 1. The highest BCUT2D eigenvalue weighted by Crippen LogP contribution is 2.33. The maximum absolute atomic E-state index is 11.2. The molecule has 3 rings (SSSR count). The van der Waals surface area contributed by atoms with Crippen LogP contribution in [0.4, 0.5) is 5.88 Å². The standard InChI is InChI=1S/C10H6N2O3S/c11-9-6(4-12-15-9)5-2-1-3-7-8(5)16-10(13)14-7/h1-4H,11H2. The highest BCUT2D eigenvalue weighted by atomic mass is 32.1. The molecule has 80 valence electrons. The fourth-order valence-electron chi connectivity index (χ4n) is 1.56. The van der Waals surface area contributed by atoms with Crippen molar-refractivity contribution in [3.05, 3.63) is 34.1 Å². The largest absolute Gasteiger partial charge is 0.414 e. The fraction of sp³-hybridized carbons (Fsp3) is 0. The van der Waals surface area contributed by atoms with Gasteiger partial charge in [0.1, 0.15) is 5.58 Å². The van der Waals surface area contributed by atoms with E-state index in [2.05, 4.69) is 5.16 Å². The maximum Gasteiger partial charge on any atom is 0.396 e. The number of fused-ring (bicyclic) bond motifs is 1. The molecule has 6 heteroatoms. The monoisotopic (exact) mass is 234 g/mol. The van der Waals surface area contributed by atoms with Crippen LogP contribution >= 0.6 is 11.3 Å². The van der Waals surface area contributed by atoms with Gasteiger partial charge >= 0.3 is 4.94 Å². The minimum atomic E-state index is -0.336. The summed E-state index contributed by atoms with van der Waals surface area (Å²) in [5.74, 6) is 0.230. The molecule has 0 amide bonds. The first-order chi connectivity index (χ1) is 7.75. The fourth-order valence-corrected chi connectivity index (χ4v) is 2.35. The lowest BCUT2D eigenvalue weighted by Gasteiger charge is -1.97. The number of aromatic nitrogens is 1. The Kier molecular flexibility index (Phi) is 1.84. The van der Waals surface area contributed by atoms with Crippen LogP contribution in [-0.4, -0.2) is 5.16 Å². The van der Waals surface area contributed by atoms with Crippen LogP contribution in [-0.2, 0) is 0 Å². The summed E-state index contributed by atoms with van der Waals surface area (Å²) in [5, 5.41) is 3.61. The van der Waals surface area contributed by atoms with Crippen molar-refractivity contribution in [2.24, 2.45) is 0 Å². The van der Waals surface area contributed by atoms with Gasteiger partial charge in [-0.15, -0.1) is 0 Å². The first-order valence-corrected chi connectivity index (χ1v) is 5.30. The molecule has 1 aromatic carbocycles. The van der Waals surface area contributed by atoms with E-state index in [0.29, 0.717) is 11.1 Å². The van der Waals surface area contributed by atoms with Crippen LogP contribution in [0.25, 0.3) is 21.4 Å². The smallest absolute Gasteiger partial charge is 0.396 e. The summed E-state index contributed by atoms with van der Waals surface area (Å²) in [6, 6.07) is 5.37. The van der Waals surface area contributed by atoms with Gasteiger partial charge in [-0.05, 0) is 6.07 Å². The molecular formula is C10H6N2O3S. The third-order valence-corrected chi connectivity index (χ3v) is 3.12. The molecule has 2 N–H and O–H groups in total. The molecule has 0 radical (unpaired) electrons. The molecule has 0 aliphatic carbocycles. The number of hydrogen-bond acceptors (Lipinski definition) is 6. The van der Waals surface area contributed by atoms with Crippen molar-refractivity contribution >= 4 is 27.5 Å². The molecule has 0 atom stereocenters. The molecule has 3 aromatic rings. The Balaban J connectivity index is 2.40. The first kappa shape index (κ1) is 9.17. The molecule has 16 heavy (non-hydrogen) atoms. The van der Waals surface area contributed by atoms with Crippen molar-refractivity contribution in [2.75, 3.05) is 5.73 Å². The van der Waals surface area contributed by atoms with Crippen molar-refractivity contribution < 1.29 is 8.94 Å². The summed E-state index contributed by atoms with van der Waals surface area (Å²) >= 11 is 1.04. The van der Waals surface area contributed by atoms with Gasteiger partial charge in [0.15, 0.2) is 0 Å². The molecule has 0 aliphatic heterocycles. The van der Waals surface area contributed by atoms with Crippen LogP contribution in [0.1, 0.15) is 0 Å². The van der Waals surface area contributed by atoms with Gasteiger partial charge in [0.05, 0.1) is 16.5 Å².